The summed E-state index contributed by atoms with van der Waals surface area (Å²) in [5.74, 6) is -1.48. The molecule has 17 heavy (non-hydrogen) atoms. The van der Waals surface area contributed by atoms with Crippen LogP contribution in [-0.4, -0.2) is 55.4 Å². The number of aliphatic carboxylic acids is 1. The maximum atomic E-state index is 11.4. The third kappa shape index (κ3) is 2.96. The number of carbonyl (C=O) groups is 1. The number of hydrogen-bond acceptors (Lipinski definition) is 3. The van der Waals surface area contributed by atoms with Gasteiger partial charge < -0.3 is 5.11 Å². The number of carboxylic acid groups (broad SMARTS) is 1. The molecule has 8 heteroatoms. The molecule has 0 aliphatic carbocycles. The molecule has 0 aromatic rings. The summed E-state index contributed by atoms with van der Waals surface area (Å²) in [5, 5.41) is 8.70. The van der Waals surface area contributed by atoms with Gasteiger partial charge in [-0.1, -0.05) is 33.9 Å². The van der Waals surface area contributed by atoms with Gasteiger partial charge in [-0.15, -0.1) is 0 Å². The van der Waals surface area contributed by atoms with E-state index in [1.807, 2.05) is 0 Å². The van der Waals surface area contributed by atoms with E-state index in [1.165, 1.54) is 0 Å². The second-order valence-electron chi connectivity index (χ2n) is 5.69. The van der Waals surface area contributed by atoms with Gasteiger partial charge in [-0.3, -0.25) is 9.35 Å². The molecule has 0 amide bonds. The standard InChI is InChI=1S/C9H20O5SSi.Li.H/c1-8(2,3)16(5,6)9(4,7(10)11)15(12,13)14;;/h1-6H3,(H,10,11)(H,12,13,14);;. The van der Waals surface area contributed by atoms with Crippen LogP contribution in [0.2, 0.25) is 18.1 Å². The van der Waals surface area contributed by atoms with E-state index >= 15 is 0 Å². The van der Waals surface area contributed by atoms with Gasteiger partial charge in [-0.25, -0.2) is 0 Å². The van der Waals surface area contributed by atoms with Crippen molar-refractivity contribution in [1.82, 2.24) is 0 Å². The van der Waals surface area contributed by atoms with E-state index in [0.717, 1.165) is 6.92 Å². The molecule has 1 atom stereocenters. The van der Waals surface area contributed by atoms with E-state index in [1.54, 1.807) is 33.9 Å². The summed E-state index contributed by atoms with van der Waals surface area (Å²) in [6.45, 7) is 9.81. The molecule has 5 nitrogen and oxygen atoms in total. The zero-order chi connectivity index (χ0) is 13.6. The fourth-order valence-corrected chi connectivity index (χ4v) is 7.10. The molecule has 0 saturated carbocycles. The average molecular weight is 276 g/mol. The minimum absolute atomic E-state index is 0. The Morgan fingerprint density at radius 1 is 1.12 bits per heavy atom. The van der Waals surface area contributed by atoms with Crippen molar-refractivity contribution in [2.75, 3.05) is 0 Å². The molecule has 0 aromatic carbocycles. The van der Waals surface area contributed by atoms with Crippen LogP contribution in [0, 0.1) is 0 Å². The van der Waals surface area contributed by atoms with Crippen LogP contribution in [0.15, 0.2) is 0 Å². The molecule has 0 radical (unpaired) electrons. The Labute approximate surface area is 116 Å². The Morgan fingerprint density at radius 3 is 1.47 bits per heavy atom. The van der Waals surface area contributed by atoms with E-state index in [4.69, 9.17) is 5.11 Å². The third-order valence-corrected chi connectivity index (χ3v) is 13.9. The molecule has 0 aliphatic rings. The van der Waals surface area contributed by atoms with Crippen LogP contribution in [0.3, 0.4) is 0 Å². The van der Waals surface area contributed by atoms with Crippen molar-refractivity contribution >= 4 is 43.0 Å². The summed E-state index contributed by atoms with van der Waals surface area (Å²) in [5.41, 5.74) is 0. The van der Waals surface area contributed by atoms with Gasteiger partial charge >= 0.3 is 24.8 Å². The van der Waals surface area contributed by atoms with Gasteiger partial charge in [0, 0.05) is 0 Å². The van der Waals surface area contributed by atoms with Gasteiger partial charge in [0.1, 0.15) is 0 Å². The van der Waals surface area contributed by atoms with Crippen molar-refractivity contribution in [2.24, 2.45) is 0 Å². The molecule has 0 spiro atoms. The number of rotatable bonds is 3. The molecule has 98 valence electrons. The molecule has 0 rings (SSSR count). The Bertz CT molecular complexity index is 398. The van der Waals surface area contributed by atoms with Gasteiger partial charge in [0.2, 0.25) is 0 Å². The average Bonchev–Trinajstić information content (AvgIpc) is 1.97. The molecule has 0 fully saturated rings. The van der Waals surface area contributed by atoms with E-state index < -0.39 is 33.6 Å². The van der Waals surface area contributed by atoms with Gasteiger partial charge in [0.15, 0.2) is 4.37 Å². The first-order valence-corrected chi connectivity index (χ1v) is 9.34. The molecule has 1 unspecified atom stereocenters. The van der Waals surface area contributed by atoms with Crippen LogP contribution in [-0.2, 0) is 14.9 Å². The fraction of sp³-hybridized carbons (Fsp3) is 0.889. The van der Waals surface area contributed by atoms with Crippen LogP contribution in [0.1, 0.15) is 27.7 Å². The van der Waals surface area contributed by atoms with Gasteiger partial charge in [0.25, 0.3) is 10.1 Å². The van der Waals surface area contributed by atoms with Crippen LogP contribution in [0.25, 0.3) is 0 Å². The normalized spacial score (nSPS) is 16.9. The van der Waals surface area contributed by atoms with Crippen molar-refractivity contribution in [3.05, 3.63) is 0 Å². The van der Waals surface area contributed by atoms with Crippen LogP contribution < -0.4 is 0 Å². The summed E-state index contributed by atoms with van der Waals surface area (Å²) >= 11 is 0. The summed E-state index contributed by atoms with van der Waals surface area (Å²) in [7, 11) is -7.44. The van der Waals surface area contributed by atoms with Crippen molar-refractivity contribution in [3.63, 3.8) is 0 Å². The first-order chi connectivity index (χ1) is 6.69. The molecular formula is C9H21LiO5SSi. The quantitative estimate of drug-likeness (QED) is 0.595. The molecule has 2 N–H and O–H groups in total. The third-order valence-electron chi connectivity index (χ3n) is 3.99. The molecule has 0 aromatic heterocycles. The van der Waals surface area contributed by atoms with Gasteiger partial charge in [0.05, 0.1) is 8.07 Å². The second kappa shape index (κ2) is 5.06. The zero-order valence-corrected chi connectivity index (χ0v) is 12.3. The zero-order valence-electron chi connectivity index (χ0n) is 10.5. The van der Waals surface area contributed by atoms with Crippen molar-refractivity contribution in [3.8, 4) is 0 Å². The summed E-state index contributed by atoms with van der Waals surface area (Å²) in [4.78, 5) is 11.3. The Morgan fingerprint density at radius 2 is 1.41 bits per heavy atom. The second-order valence-corrected chi connectivity index (χ2v) is 13.6. The number of carboxylic acids is 1. The topological polar surface area (TPSA) is 91.7 Å². The molecular weight excluding hydrogens is 255 g/mol. The van der Waals surface area contributed by atoms with E-state index in [-0.39, 0.29) is 18.9 Å². The van der Waals surface area contributed by atoms with Gasteiger partial charge in [-0.2, -0.15) is 8.42 Å². The van der Waals surface area contributed by atoms with Crippen LogP contribution in [0.5, 0.6) is 0 Å². The first-order valence-electron chi connectivity index (χ1n) is 4.90. The maximum absolute atomic E-state index is 11.4. The van der Waals surface area contributed by atoms with E-state index in [0.29, 0.717) is 0 Å². The molecule has 0 bridgehead atoms. The predicted molar refractivity (Wildman–Crippen MR) is 71.9 cm³/mol. The van der Waals surface area contributed by atoms with E-state index in [9.17, 15) is 17.8 Å². The first kappa shape index (κ1) is 19.5. The molecule has 0 heterocycles. The van der Waals surface area contributed by atoms with Crippen molar-refractivity contribution < 1.29 is 22.9 Å². The minimum atomic E-state index is -4.64. The Kier molecular flexibility index (Phi) is 5.81. The SMILES string of the molecule is CC(C)(C)[Si](C)(C)C(C)(C(=O)O)S(=O)(=O)O.[LiH]. The fourth-order valence-electron chi connectivity index (χ4n) is 1.42. The summed E-state index contributed by atoms with van der Waals surface area (Å²) in [6, 6.07) is 0. The van der Waals surface area contributed by atoms with Crippen LogP contribution in [0.4, 0.5) is 0 Å². The number of hydrogen-bond donors (Lipinski definition) is 2. The Hall–Kier alpha value is 0.194. The summed E-state index contributed by atoms with van der Waals surface area (Å²) < 4.78 is 29.9. The monoisotopic (exact) mass is 276 g/mol. The van der Waals surface area contributed by atoms with Crippen molar-refractivity contribution in [2.45, 2.75) is 50.2 Å². The predicted octanol–water partition coefficient (Wildman–Crippen LogP) is 1.12. The Balaban J connectivity index is 0. The van der Waals surface area contributed by atoms with Crippen LogP contribution >= 0.6 is 0 Å². The van der Waals surface area contributed by atoms with E-state index in [2.05, 4.69) is 0 Å². The summed E-state index contributed by atoms with van der Waals surface area (Å²) in [6.07, 6.45) is 0. The van der Waals surface area contributed by atoms with Crippen molar-refractivity contribution in [1.29, 1.82) is 0 Å². The molecule has 0 aliphatic heterocycles. The molecule has 0 saturated heterocycles. The van der Waals surface area contributed by atoms with Gasteiger partial charge in [-0.05, 0) is 12.0 Å².